The highest BCUT2D eigenvalue weighted by molar-refractivity contribution is 5.98. The van der Waals surface area contributed by atoms with Crippen LogP contribution in [0.1, 0.15) is 31.2 Å². The molecule has 0 N–H and O–H groups in total. The Balaban J connectivity index is 2.24. The fourth-order valence-electron chi connectivity index (χ4n) is 3.13. The van der Waals surface area contributed by atoms with Crippen LogP contribution in [0, 0.1) is 11.3 Å². The molecule has 7 heteroatoms. The summed E-state index contributed by atoms with van der Waals surface area (Å²) in [6.07, 6.45) is 7.22. The Morgan fingerprint density at radius 3 is 2.65 bits per heavy atom. The SMILES string of the molecule is COC(=O)/C(C#N)=C/c1c(N2CCCCCC2)nc2ccccn2c1=O. The largest absolute Gasteiger partial charge is 0.465 e. The molecule has 0 amide bonds. The van der Waals surface area contributed by atoms with E-state index in [1.807, 2.05) is 12.1 Å². The molecule has 26 heavy (non-hydrogen) atoms. The van der Waals surface area contributed by atoms with Crippen LogP contribution in [0.2, 0.25) is 0 Å². The molecule has 1 aliphatic rings. The number of ether oxygens (including phenoxy) is 1. The Kier molecular flexibility index (Phi) is 5.32. The predicted octanol–water partition coefficient (Wildman–Crippen LogP) is 2.15. The number of pyridine rings is 1. The number of aromatic nitrogens is 2. The maximum atomic E-state index is 13.0. The number of carbonyl (C=O) groups is 1. The average Bonchev–Trinajstić information content (AvgIpc) is 2.96. The Labute approximate surface area is 151 Å². The number of rotatable bonds is 3. The molecule has 1 saturated heterocycles. The molecule has 0 saturated carbocycles. The van der Waals surface area contributed by atoms with Gasteiger partial charge < -0.3 is 9.64 Å². The van der Waals surface area contributed by atoms with Crippen molar-refractivity contribution >= 4 is 23.5 Å². The molecule has 2 aromatic rings. The quantitative estimate of drug-likeness (QED) is 0.478. The lowest BCUT2D eigenvalue weighted by molar-refractivity contribution is -0.135. The second-order valence-corrected chi connectivity index (χ2v) is 6.15. The second kappa shape index (κ2) is 7.83. The first-order valence-corrected chi connectivity index (χ1v) is 8.62. The first kappa shape index (κ1) is 17.7. The number of esters is 1. The van der Waals surface area contributed by atoms with Crippen LogP contribution in [0.25, 0.3) is 11.7 Å². The van der Waals surface area contributed by atoms with E-state index in [9.17, 15) is 14.9 Å². The van der Waals surface area contributed by atoms with E-state index in [2.05, 4.69) is 14.6 Å². The van der Waals surface area contributed by atoms with Gasteiger partial charge in [-0.3, -0.25) is 9.20 Å². The van der Waals surface area contributed by atoms with E-state index >= 15 is 0 Å². The molecule has 0 spiro atoms. The molecule has 0 radical (unpaired) electrons. The Morgan fingerprint density at radius 1 is 1.27 bits per heavy atom. The summed E-state index contributed by atoms with van der Waals surface area (Å²) >= 11 is 0. The van der Waals surface area contributed by atoms with Gasteiger partial charge in [-0.2, -0.15) is 5.26 Å². The number of nitrogens with zero attached hydrogens (tertiary/aromatic N) is 4. The minimum absolute atomic E-state index is 0.224. The zero-order valence-corrected chi connectivity index (χ0v) is 14.6. The third kappa shape index (κ3) is 3.45. The van der Waals surface area contributed by atoms with Gasteiger partial charge in [0.2, 0.25) is 0 Å². The number of hydrogen-bond acceptors (Lipinski definition) is 6. The van der Waals surface area contributed by atoms with Crippen LogP contribution in [-0.2, 0) is 9.53 Å². The van der Waals surface area contributed by atoms with Crippen LogP contribution in [0.15, 0.2) is 34.8 Å². The van der Waals surface area contributed by atoms with Gasteiger partial charge in [-0.1, -0.05) is 18.9 Å². The van der Waals surface area contributed by atoms with Crippen LogP contribution >= 0.6 is 0 Å². The Bertz CT molecular complexity index is 947. The lowest BCUT2D eigenvalue weighted by Gasteiger charge is -2.23. The van der Waals surface area contributed by atoms with Gasteiger partial charge in [-0.05, 0) is 31.1 Å². The molecule has 0 atom stereocenters. The number of fused-ring (bicyclic) bond motifs is 1. The molecule has 1 fully saturated rings. The van der Waals surface area contributed by atoms with Crippen LogP contribution in [0.3, 0.4) is 0 Å². The fourth-order valence-corrected chi connectivity index (χ4v) is 3.13. The highest BCUT2D eigenvalue weighted by atomic mass is 16.5. The summed E-state index contributed by atoms with van der Waals surface area (Å²) in [4.78, 5) is 31.6. The summed E-state index contributed by atoms with van der Waals surface area (Å²) in [6, 6.07) is 7.13. The molecular weight excluding hydrogens is 332 g/mol. The summed E-state index contributed by atoms with van der Waals surface area (Å²) in [5, 5.41) is 9.28. The van der Waals surface area contributed by atoms with Crippen molar-refractivity contribution < 1.29 is 9.53 Å². The zero-order valence-electron chi connectivity index (χ0n) is 14.6. The third-order valence-electron chi connectivity index (χ3n) is 4.47. The first-order chi connectivity index (χ1) is 12.7. The summed E-state index contributed by atoms with van der Waals surface area (Å²) in [7, 11) is 1.20. The van der Waals surface area contributed by atoms with Crippen molar-refractivity contribution in [1.82, 2.24) is 9.38 Å². The predicted molar refractivity (Wildman–Crippen MR) is 97.7 cm³/mol. The molecular formula is C19H20N4O3. The van der Waals surface area contributed by atoms with Crippen LogP contribution in [0.5, 0.6) is 0 Å². The van der Waals surface area contributed by atoms with Crippen molar-refractivity contribution in [2.45, 2.75) is 25.7 Å². The number of carbonyl (C=O) groups excluding carboxylic acids is 1. The van der Waals surface area contributed by atoms with E-state index in [4.69, 9.17) is 0 Å². The van der Waals surface area contributed by atoms with E-state index in [0.717, 1.165) is 38.8 Å². The number of anilines is 1. The fraction of sp³-hybridized carbons (Fsp3) is 0.368. The van der Waals surface area contributed by atoms with Gasteiger partial charge in [-0.15, -0.1) is 0 Å². The van der Waals surface area contributed by atoms with Gasteiger partial charge in [0.25, 0.3) is 5.56 Å². The van der Waals surface area contributed by atoms with E-state index in [0.29, 0.717) is 11.5 Å². The maximum Gasteiger partial charge on any atom is 0.348 e. The minimum atomic E-state index is -0.771. The molecule has 0 aromatic carbocycles. The zero-order chi connectivity index (χ0) is 18.5. The Hall–Kier alpha value is -3.14. The monoisotopic (exact) mass is 352 g/mol. The molecule has 3 rings (SSSR count). The third-order valence-corrected chi connectivity index (χ3v) is 4.47. The van der Waals surface area contributed by atoms with Crippen molar-refractivity contribution in [2.24, 2.45) is 0 Å². The molecule has 0 bridgehead atoms. The minimum Gasteiger partial charge on any atom is -0.465 e. The molecule has 3 heterocycles. The lowest BCUT2D eigenvalue weighted by Crippen LogP contribution is -2.30. The van der Waals surface area contributed by atoms with Crippen molar-refractivity contribution in [1.29, 1.82) is 5.26 Å². The highest BCUT2D eigenvalue weighted by Gasteiger charge is 2.20. The molecule has 0 aliphatic carbocycles. The van der Waals surface area contributed by atoms with Gasteiger partial charge in [0, 0.05) is 19.3 Å². The van der Waals surface area contributed by atoms with Gasteiger partial charge in [-0.25, -0.2) is 9.78 Å². The number of methoxy groups -OCH3 is 1. The maximum absolute atomic E-state index is 13.0. The summed E-state index contributed by atoms with van der Waals surface area (Å²) < 4.78 is 6.05. The second-order valence-electron chi connectivity index (χ2n) is 6.15. The smallest absolute Gasteiger partial charge is 0.348 e. The summed E-state index contributed by atoms with van der Waals surface area (Å²) in [5.74, 6) is -0.258. The van der Waals surface area contributed by atoms with Crippen molar-refractivity contribution in [3.8, 4) is 6.07 Å². The van der Waals surface area contributed by atoms with Crippen molar-refractivity contribution in [3.63, 3.8) is 0 Å². The molecule has 7 nitrogen and oxygen atoms in total. The van der Waals surface area contributed by atoms with Gasteiger partial charge in [0.15, 0.2) is 0 Å². The van der Waals surface area contributed by atoms with Crippen LogP contribution in [0.4, 0.5) is 5.82 Å². The number of hydrogen-bond donors (Lipinski definition) is 0. The van der Waals surface area contributed by atoms with Crippen LogP contribution in [-0.4, -0.2) is 35.6 Å². The summed E-state index contributed by atoms with van der Waals surface area (Å²) in [6.45, 7) is 1.58. The topological polar surface area (TPSA) is 87.7 Å². The molecule has 0 unspecified atom stereocenters. The van der Waals surface area contributed by atoms with E-state index in [1.54, 1.807) is 18.3 Å². The molecule has 2 aromatic heterocycles. The van der Waals surface area contributed by atoms with E-state index in [1.165, 1.54) is 17.6 Å². The molecule has 1 aliphatic heterocycles. The van der Waals surface area contributed by atoms with Gasteiger partial charge >= 0.3 is 5.97 Å². The highest BCUT2D eigenvalue weighted by Crippen LogP contribution is 2.22. The average molecular weight is 352 g/mol. The number of nitriles is 1. The van der Waals surface area contributed by atoms with E-state index in [-0.39, 0.29) is 16.7 Å². The Morgan fingerprint density at radius 2 is 2.00 bits per heavy atom. The van der Waals surface area contributed by atoms with Gasteiger partial charge in [0.05, 0.1) is 12.7 Å². The first-order valence-electron chi connectivity index (χ1n) is 8.62. The normalized spacial score (nSPS) is 15.4. The molecule has 134 valence electrons. The van der Waals surface area contributed by atoms with Crippen molar-refractivity contribution in [2.75, 3.05) is 25.1 Å². The summed E-state index contributed by atoms with van der Waals surface area (Å²) in [5.41, 5.74) is 0.230. The van der Waals surface area contributed by atoms with Crippen molar-refractivity contribution in [3.05, 3.63) is 45.9 Å². The van der Waals surface area contributed by atoms with Crippen LogP contribution < -0.4 is 10.5 Å². The standard InChI is InChI=1S/C19H20N4O3/c1-26-19(25)14(13-20)12-15-17(22-9-5-2-3-6-10-22)21-16-8-4-7-11-23(16)18(15)24/h4,7-8,11-12H,2-3,5-6,9-10H2,1H3/b14-12+. The van der Waals surface area contributed by atoms with Gasteiger partial charge in [0.1, 0.15) is 23.1 Å². The lowest BCUT2D eigenvalue weighted by atomic mass is 10.1. The van der Waals surface area contributed by atoms with E-state index < -0.39 is 5.97 Å².